The minimum atomic E-state index is 0.591. The van der Waals surface area contributed by atoms with Crippen molar-refractivity contribution in [3.63, 3.8) is 0 Å². The molecule has 1 rings (SSSR count). The van der Waals surface area contributed by atoms with Crippen LogP contribution in [0, 0.1) is 0 Å². The molecular weight excluding hydrogens is 254 g/mol. The molecule has 96 valence electrons. The van der Waals surface area contributed by atoms with Crippen LogP contribution in [0.25, 0.3) is 0 Å². The van der Waals surface area contributed by atoms with Gasteiger partial charge in [0.15, 0.2) is 0 Å². The Labute approximate surface area is 113 Å². The maximum Gasteiger partial charge on any atom is 0.136 e. The maximum atomic E-state index is 6.05. The van der Waals surface area contributed by atoms with Crippen LogP contribution >= 0.6 is 23.4 Å². The van der Waals surface area contributed by atoms with Crippen LogP contribution in [0.3, 0.4) is 0 Å². The van der Waals surface area contributed by atoms with Crippen molar-refractivity contribution in [1.82, 2.24) is 14.9 Å². The fourth-order valence-electron chi connectivity index (χ4n) is 1.61. The summed E-state index contributed by atoms with van der Waals surface area (Å²) in [7, 11) is 0. The van der Waals surface area contributed by atoms with E-state index in [1.165, 1.54) is 0 Å². The molecule has 0 spiro atoms. The molecule has 0 aromatic carbocycles. The highest BCUT2D eigenvalue weighted by Gasteiger charge is 2.08. The van der Waals surface area contributed by atoms with Crippen molar-refractivity contribution in [3.8, 4) is 0 Å². The number of nitrogens with zero attached hydrogens (tertiary/aromatic N) is 3. The zero-order chi connectivity index (χ0) is 12.7. The molecule has 5 heteroatoms. The molecule has 0 N–H and O–H groups in total. The van der Waals surface area contributed by atoms with Gasteiger partial charge < -0.3 is 4.90 Å². The number of hydrogen-bond acceptors (Lipinski definition) is 4. The Bertz CT molecular complexity index is 343. The van der Waals surface area contributed by atoms with Crippen LogP contribution in [0.1, 0.15) is 26.3 Å². The van der Waals surface area contributed by atoms with E-state index >= 15 is 0 Å². The second kappa shape index (κ2) is 7.90. The summed E-state index contributed by atoms with van der Waals surface area (Å²) in [4.78, 5) is 10.7. The summed E-state index contributed by atoms with van der Waals surface area (Å²) in [6.45, 7) is 9.74. The third kappa shape index (κ3) is 4.45. The minimum Gasteiger partial charge on any atom is -0.303 e. The van der Waals surface area contributed by atoms with Gasteiger partial charge in [-0.1, -0.05) is 32.4 Å². The van der Waals surface area contributed by atoms with Gasteiger partial charge in [0.2, 0.25) is 0 Å². The van der Waals surface area contributed by atoms with E-state index < -0.39 is 0 Å². The third-order valence-corrected chi connectivity index (χ3v) is 4.09. The van der Waals surface area contributed by atoms with Crippen LogP contribution < -0.4 is 0 Å². The Morgan fingerprint density at radius 1 is 1.24 bits per heavy atom. The van der Waals surface area contributed by atoms with E-state index in [-0.39, 0.29) is 0 Å². The number of aromatic nitrogens is 2. The molecular formula is C12H20ClN3S. The first kappa shape index (κ1) is 14.7. The van der Waals surface area contributed by atoms with Crippen molar-refractivity contribution in [2.24, 2.45) is 0 Å². The molecule has 1 heterocycles. The van der Waals surface area contributed by atoms with E-state index in [1.807, 2.05) is 0 Å². The molecule has 0 saturated heterocycles. The Morgan fingerprint density at radius 2 is 1.94 bits per heavy atom. The van der Waals surface area contributed by atoms with Crippen molar-refractivity contribution in [3.05, 3.63) is 17.0 Å². The zero-order valence-electron chi connectivity index (χ0n) is 10.7. The number of thioether (sulfide) groups is 1. The van der Waals surface area contributed by atoms with Crippen molar-refractivity contribution in [2.45, 2.75) is 32.2 Å². The molecule has 0 atom stereocenters. The van der Waals surface area contributed by atoms with Crippen LogP contribution in [0.15, 0.2) is 11.4 Å². The average molecular weight is 274 g/mol. The van der Waals surface area contributed by atoms with Crippen LogP contribution in [-0.2, 0) is 6.42 Å². The van der Waals surface area contributed by atoms with Crippen molar-refractivity contribution >= 4 is 23.4 Å². The van der Waals surface area contributed by atoms with Gasteiger partial charge in [-0.15, -0.1) is 11.8 Å². The molecule has 3 nitrogen and oxygen atoms in total. The average Bonchev–Trinajstić information content (AvgIpc) is 2.35. The zero-order valence-corrected chi connectivity index (χ0v) is 12.3. The summed E-state index contributed by atoms with van der Waals surface area (Å²) in [5.41, 5.74) is 1.07. The van der Waals surface area contributed by atoms with Crippen LogP contribution in [0.4, 0.5) is 0 Å². The Balaban J connectivity index is 2.54. The highest BCUT2D eigenvalue weighted by molar-refractivity contribution is 7.99. The smallest absolute Gasteiger partial charge is 0.136 e. The van der Waals surface area contributed by atoms with Gasteiger partial charge in [-0.3, -0.25) is 0 Å². The predicted octanol–water partition coefficient (Wildman–Crippen LogP) is 3.13. The molecule has 0 bridgehead atoms. The lowest BCUT2D eigenvalue weighted by atomic mass is 10.3. The SMILES string of the molecule is CCc1c(Cl)ncnc1SCCN(CC)CC. The molecule has 0 aliphatic carbocycles. The monoisotopic (exact) mass is 273 g/mol. The van der Waals surface area contributed by atoms with E-state index in [1.54, 1.807) is 18.1 Å². The summed E-state index contributed by atoms with van der Waals surface area (Å²) in [6.07, 6.45) is 2.43. The summed E-state index contributed by atoms with van der Waals surface area (Å²) in [5, 5.41) is 1.62. The number of rotatable bonds is 7. The molecule has 0 saturated carbocycles. The molecule has 0 aliphatic rings. The first-order chi connectivity index (χ1) is 8.22. The first-order valence-electron chi connectivity index (χ1n) is 6.07. The third-order valence-electron chi connectivity index (χ3n) is 2.75. The Hall–Kier alpha value is -0.320. The number of hydrogen-bond donors (Lipinski definition) is 0. The minimum absolute atomic E-state index is 0.591. The van der Waals surface area contributed by atoms with E-state index in [9.17, 15) is 0 Å². The summed E-state index contributed by atoms with van der Waals surface area (Å²) in [5.74, 6) is 1.04. The van der Waals surface area contributed by atoms with Gasteiger partial charge in [-0.25, -0.2) is 9.97 Å². The van der Waals surface area contributed by atoms with Crippen molar-refractivity contribution < 1.29 is 0 Å². The molecule has 0 fully saturated rings. The Kier molecular flexibility index (Phi) is 6.85. The highest BCUT2D eigenvalue weighted by Crippen LogP contribution is 2.24. The lowest BCUT2D eigenvalue weighted by Gasteiger charge is -2.17. The molecule has 0 radical (unpaired) electrons. The molecule has 0 aliphatic heterocycles. The summed E-state index contributed by atoms with van der Waals surface area (Å²) >= 11 is 7.82. The van der Waals surface area contributed by atoms with Gasteiger partial charge in [-0.05, 0) is 19.5 Å². The maximum absolute atomic E-state index is 6.05. The van der Waals surface area contributed by atoms with Crippen LogP contribution in [0.5, 0.6) is 0 Å². The fraction of sp³-hybridized carbons (Fsp3) is 0.667. The van der Waals surface area contributed by atoms with E-state index in [0.29, 0.717) is 5.15 Å². The molecule has 1 aromatic heterocycles. The predicted molar refractivity (Wildman–Crippen MR) is 74.9 cm³/mol. The molecule has 0 unspecified atom stereocenters. The molecule has 0 amide bonds. The lowest BCUT2D eigenvalue weighted by Crippen LogP contribution is -2.25. The summed E-state index contributed by atoms with van der Waals surface area (Å²) in [6, 6.07) is 0. The van der Waals surface area contributed by atoms with Gasteiger partial charge in [0, 0.05) is 17.9 Å². The number of halogens is 1. The van der Waals surface area contributed by atoms with Gasteiger partial charge in [0.05, 0.1) is 0 Å². The van der Waals surface area contributed by atoms with Crippen molar-refractivity contribution in [1.29, 1.82) is 0 Å². The van der Waals surface area contributed by atoms with Gasteiger partial charge >= 0.3 is 0 Å². The van der Waals surface area contributed by atoms with Gasteiger partial charge in [0.1, 0.15) is 16.5 Å². The largest absolute Gasteiger partial charge is 0.303 e. The van der Waals surface area contributed by atoms with Gasteiger partial charge in [0.25, 0.3) is 0 Å². The quantitative estimate of drug-likeness (QED) is 0.564. The van der Waals surface area contributed by atoms with Crippen molar-refractivity contribution in [2.75, 3.05) is 25.4 Å². The van der Waals surface area contributed by atoms with Crippen LogP contribution in [-0.4, -0.2) is 40.3 Å². The van der Waals surface area contributed by atoms with E-state index in [2.05, 4.69) is 35.6 Å². The van der Waals surface area contributed by atoms with Gasteiger partial charge in [-0.2, -0.15) is 0 Å². The standard InChI is InChI=1S/C12H20ClN3S/c1-4-10-11(13)14-9-15-12(10)17-8-7-16(5-2)6-3/h9H,4-8H2,1-3H3. The normalized spacial score (nSPS) is 11.1. The topological polar surface area (TPSA) is 29.0 Å². The van der Waals surface area contributed by atoms with E-state index in [4.69, 9.17) is 11.6 Å². The van der Waals surface area contributed by atoms with E-state index in [0.717, 1.165) is 42.4 Å². The second-order valence-corrected chi connectivity index (χ2v) is 5.12. The molecule has 17 heavy (non-hydrogen) atoms. The summed E-state index contributed by atoms with van der Waals surface area (Å²) < 4.78 is 0. The second-order valence-electron chi connectivity index (χ2n) is 3.68. The fourth-order valence-corrected chi connectivity index (χ4v) is 3.01. The Morgan fingerprint density at radius 3 is 2.53 bits per heavy atom. The highest BCUT2D eigenvalue weighted by atomic mass is 35.5. The molecule has 1 aromatic rings. The first-order valence-corrected chi connectivity index (χ1v) is 7.43. The van der Waals surface area contributed by atoms with Crippen LogP contribution in [0.2, 0.25) is 5.15 Å². The lowest BCUT2D eigenvalue weighted by molar-refractivity contribution is 0.324.